The Labute approximate surface area is 289 Å². The highest BCUT2D eigenvalue weighted by Crippen LogP contribution is 2.40. The molecule has 1 heterocycles. The number of hydrogen-bond acceptors (Lipinski definition) is 5. The number of aliphatic hydroxyl groups excluding tert-OH is 2. The quantitative estimate of drug-likeness (QED) is 0.106. The van der Waals surface area contributed by atoms with Crippen LogP contribution in [0.2, 0.25) is 0 Å². The van der Waals surface area contributed by atoms with E-state index < -0.39 is 0 Å². The van der Waals surface area contributed by atoms with E-state index in [-0.39, 0.29) is 30.1 Å². The van der Waals surface area contributed by atoms with Crippen LogP contribution in [0.25, 0.3) is 22.3 Å². The standard InChI is InChI=1S/C42H60FN3O2/c1-5-7-8-10-30-12-14-32(15-13-30)35-17-20-38(39(43)25-35)37-19-16-33(23-31(37)6-2)34-18-21-40(36(24-34)11-9-22-47)44-26-42(29-48)27-45-41(3,4)46-28-42/h16-21,23-25,30,32,44-48H,5-15,22,26-29H2,1-4H3. The minimum Gasteiger partial charge on any atom is -0.396 e. The fourth-order valence-electron chi connectivity index (χ4n) is 7.74. The number of halogens is 1. The molecule has 48 heavy (non-hydrogen) atoms. The van der Waals surface area contributed by atoms with E-state index in [2.05, 4.69) is 86.1 Å². The molecule has 0 bridgehead atoms. The molecule has 1 aliphatic carbocycles. The van der Waals surface area contributed by atoms with E-state index in [4.69, 9.17) is 0 Å². The molecule has 0 radical (unpaired) electrons. The van der Waals surface area contributed by atoms with Crippen LogP contribution >= 0.6 is 0 Å². The summed E-state index contributed by atoms with van der Waals surface area (Å²) in [7, 11) is 0. The molecule has 2 fully saturated rings. The fourth-order valence-corrected chi connectivity index (χ4v) is 7.74. The first-order valence-electron chi connectivity index (χ1n) is 18.7. The molecule has 0 aromatic heterocycles. The van der Waals surface area contributed by atoms with Crippen molar-refractivity contribution in [3.05, 3.63) is 77.1 Å². The monoisotopic (exact) mass is 657 g/mol. The van der Waals surface area contributed by atoms with E-state index in [0.717, 1.165) is 70.9 Å². The highest BCUT2D eigenvalue weighted by Gasteiger charge is 2.37. The predicted octanol–water partition coefficient (Wildman–Crippen LogP) is 8.82. The van der Waals surface area contributed by atoms with Gasteiger partial charge in [0.05, 0.1) is 12.3 Å². The number of aliphatic hydroxyl groups is 2. The Hall–Kier alpha value is -2.77. The van der Waals surface area contributed by atoms with Crippen molar-refractivity contribution in [2.24, 2.45) is 11.3 Å². The Bertz CT molecular complexity index is 1470. The SMILES string of the molecule is CCCCCC1CCC(c2ccc(-c3ccc(-c4ccc(NCC5(CO)CNC(C)(C)NC5)c(CCCO)c4)cc3CC)c(F)c2)CC1. The van der Waals surface area contributed by atoms with Gasteiger partial charge >= 0.3 is 0 Å². The van der Waals surface area contributed by atoms with Crippen LogP contribution in [-0.2, 0) is 12.8 Å². The summed E-state index contributed by atoms with van der Waals surface area (Å²) in [5, 5.41) is 30.6. The Balaban J connectivity index is 1.31. The summed E-state index contributed by atoms with van der Waals surface area (Å²) in [4.78, 5) is 0. The first-order chi connectivity index (χ1) is 23.2. The molecule has 3 aromatic carbocycles. The Kier molecular flexibility index (Phi) is 12.7. The molecule has 0 amide bonds. The van der Waals surface area contributed by atoms with E-state index in [1.54, 1.807) is 0 Å². The topological polar surface area (TPSA) is 76.5 Å². The summed E-state index contributed by atoms with van der Waals surface area (Å²) in [6, 6.07) is 18.9. The van der Waals surface area contributed by atoms with Crippen molar-refractivity contribution in [3.8, 4) is 22.3 Å². The highest BCUT2D eigenvalue weighted by atomic mass is 19.1. The number of anilines is 1. The van der Waals surface area contributed by atoms with Crippen LogP contribution < -0.4 is 16.0 Å². The van der Waals surface area contributed by atoms with Gasteiger partial charge < -0.3 is 15.5 Å². The van der Waals surface area contributed by atoms with Crippen LogP contribution in [0.1, 0.15) is 108 Å². The number of aryl methyl sites for hydroxylation is 2. The van der Waals surface area contributed by atoms with Crippen molar-refractivity contribution in [2.45, 2.75) is 110 Å². The number of unbranched alkanes of at least 4 members (excludes halogenated alkanes) is 2. The van der Waals surface area contributed by atoms with Crippen molar-refractivity contribution >= 4 is 5.69 Å². The maximum atomic E-state index is 15.8. The Morgan fingerprint density at radius 3 is 2.15 bits per heavy atom. The third kappa shape index (κ3) is 9.06. The number of hydrogen-bond donors (Lipinski definition) is 5. The van der Waals surface area contributed by atoms with Gasteiger partial charge in [0.2, 0.25) is 0 Å². The molecule has 5 rings (SSSR count). The number of benzene rings is 3. The molecule has 0 unspecified atom stereocenters. The van der Waals surface area contributed by atoms with Gasteiger partial charge in [-0.1, -0.05) is 75.9 Å². The van der Waals surface area contributed by atoms with E-state index in [9.17, 15) is 10.2 Å². The molecule has 2 aliphatic rings. The van der Waals surface area contributed by atoms with Gasteiger partial charge in [0.25, 0.3) is 0 Å². The summed E-state index contributed by atoms with van der Waals surface area (Å²) in [6.07, 6.45) is 12.5. The molecule has 1 saturated carbocycles. The van der Waals surface area contributed by atoms with E-state index in [1.807, 2.05) is 12.1 Å². The Morgan fingerprint density at radius 2 is 1.50 bits per heavy atom. The van der Waals surface area contributed by atoms with Gasteiger partial charge in [-0.05, 0) is 122 Å². The third-order valence-electron chi connectivity index (χ3n) is 11.1. The van der Waals surface area contributed by atoms with Crippen LogP contribution in [0.15, 0.2) is 54.6 Å². The average Bonchev–Trinajstić information content (AvgIpc) is 3.11. The smallest absolute Gasteiger partial charge is 0.131 e. The maximum Gasteiger partial charge on any atom is 0.131 e. The first-order valence-corrected chi connectivity index (χ1v) is 18.7. The van der Waals surface area contributed by atoms with Gasteiger partial charge in [0.1, 0.15) is 5.82 Å². The average molecular weight is 658 g/mol. The lowest BCUT2D eigenvalue weighted by Crippen LogP contribution is -2.66. The molecular formula is C42H60FN3O2. The molecular weight excluding hydrogens is 597 g/mol. The molecule has 1 saturated heterocycles. The lowest BCUT2D eigenvalue weighted by atomic mass is 9.77. The molecule has 5 nitrogen and oxygen atoms in total. The highest BCUT2D eigenvalue weighted by molar-refractivity contribution is 5.76. The zero-order chi connectivity index (χ0) is 34.1. The number of nitrogens with one attached hydrogen (secondary N) is 3. The maximum absolute atomic E-state index is 15.8. The van der Waals surface area contributed by atoms with Crippen molar-refractivity contribution in [1.82, 2.24) is 10.6 Å². The zero-order valence-electron chi connectivity index (χ0n) is 29.9. The van der Waals surface area contributed by atoms with Gasteiger partial charge in [-0.25, -0.2) is 4.39 Å². The van der Waals surface area contributed by atoms with Crippen LogP contribution in [0.3, 0.4) is 0 Å². The lowest BCUT2D eigenvalue weighted by Gasteiger charge is -2.44. The van der Waals surface area contributed by atoms with Gasteiger partial charge in [0, 0.05) is 42.9 Å². The van der Waals surface area contributed by atoms with Gasteiger partial charge in [-0.3, -0.25) is 10.6 Å². The van der Waals surface area contributed by atoms with Gasteiger partial charge in [0.15, 0.2) is 0 Å². The largest absolute Gasteiger partial charge is 0.396 e. The van der Waals surface area contributed by atoms with Crippen molar-refractivity contribution in [2.75, 3.05) is 38.2 Å². The van der Waals surface area contributed by atoms with Crippen LogP contribution in [0.4, 0.5) is 10.1 Å². The van der Waals surface area contributed by atoms with E-state index in [0.29, 0.717) is 24.4 Å². The summed E-state index contributed by atoms with van der Waals surface area (Å²) in [5.41, 5.74) is 7.88. The van der Waals surface area contributed by atoms with Gasteiger partial charge in [-0.15, -0.1) is 0 Å². The van der Waals surface area contributed by atoms with Crippen LogP contribution in [0, 0.1) is 17.2 Å². The minimum absolute atomic E-state index is 0.0792. The number of rotatable bonds is 15. The summed E-state index contributed by atoms with van der Waals surface area (Å²) >= 11 is 0. The zero-order valence-corrected chi connectivity index (χ0v) is 29.9. The first kappa shape index (κ1) is 36.5. The summed E-state index contributed by atoms with van der Waals surface area (Å²) in [5.74, 6) is 1.21. The second-order valence-electron chi connectivity index (χ2n) is 15.2. The Morgan fingerprint density at radius 1 is 0.812 bits per heavy atom. The fraction of sp³-hybridized carbons (Fsp3) is 0.571. The second kappa shape index (κ2) is 16.8. The predicted molar refractivity (Wildman–Crippen MR) is 199 cm³/mol. The molecule has 262 valence electrons. The lowest BCUT2D eigenvalue weighted by molar-refractivity contribution is 0.0743. The van der Waals surface area contributed by atoms with E-state index in [1.165, 1.54) is 51.4 Å². The van der Waals surface area contributed by atoms with Crippen molar-refractivity contribution in [1.29, 1.82) is 0 Å². The van der Waals surface area contributed by atoms with Crippen LogP contribution in [-0.4, -0.2) is 48.7 Å². The molecule has 6 heteroatoms. The van der Waals surface area contributed by atoms with E-state index >= 15 is 4.39 Å². The summed E-state index contributed by atoms with van der Waals surface area (Å²) < 4.78 is 15.8. The normalized spacial score (nSPS) is 20.5. The molecule has 1 aliphatic heterocycles. The summed E-state index contributed by atoms with van der Waals surface area (Å²) in [6.45, 7) is 10.9. The minimum atomic E-state index is -0.310. The molecule has 0 atom stereocenters. The molecule has 3 aromatic rings. The second-order valence-corrected chi connectivity index (χ2v) is 15.2. The van der Waals surface area contributed by atoms with Crippen LogP contribution in [0.5, 0.6) is 0 Å². The molecule has 0 spiro atoms. The molecule has 5 N–H and O–H groups in total. The van der Waals surface area contributed by atoms with Crippen molar-refractivity contribution < 1.29 is 14.6 Å². The third-order valence-corrected chi connectivity index (χ3v) is 11.1. The van der Waals surface area contributed by atoms with Gasteiger partial charge in [-0.2, -0.15) is 0 Å². The van der Waals surface area contributed by atoms with Crippen molar-refractivity contribution in [3.63, 3.8) is 0 Å².